The molecule has 8 aromatic carbocycles. The third-order valence-electron chi connectivity index (χ3n) is 21.7. The van der Waals surface area contributed by atoms with Crippen molar-refractivity contribution in [2.45, 2.75) is 288 Å². The Labute approximate surface area is 734 Å². The summed E-state index contributed by atoms with van der Waals surface area (Å²) in [6, 6.07) is 31.8. The van der Waals surface area contributed by atoms with Gasteiger partial charge in [0.15, 0.2) is 0 Å². The summed E-state index contributed by atoms with van der Waals surface area (Å²) in [6.45, 7) is 50.9. The van der Waals surface area contributed by atoms with E-state index in [2.05, 4.69) is 165 Å². The van der Waals surface area contributed by atoms with Crippen molar-refractivity contribution in [1.82, 2.24) is 0 Å². The summed E-state index contributed by atoms with van der Waals surface area (Å²) in [4.78, 5) is 0. The quantitative estimate of drug-likeness (QED) is 0.0699. The van der Waals surface area contributed by atoms with E-state index in [9.17, 15) is 58.7 Å². The normalized spacial score (nSPS) is 17.1. The van der Waals surface area contributed by atoms with Gasteiger partial charge in [0.2, 0.25) is 0 Å². The van der Waals surface area contributed by atoms with E-state index < -0.39 is 102 Å². The van der Waals surface area contributed by atoms with Gasteiger partial charge in [-0.2, -0.15) is 0 Å². The average Bonchev–Trinajstić information content (AvgIpc) is 0.778. The van der Waals surface area contributed by atoms with Gasteiger partial charge < -0.3 is 59.8 Å². The first-order valence-corrected chi connectivity index (χ1v) is 67.5. The first kappa shape index (κ1) is 98.2. The number of phenolic OH excluding ortho intramolecular Hbond substituents is 8. The second-order valence-electron chi connectivity index (χ2n) is 40.2. The molecule has 1 saturated heterocycles. The maximum absolute atomic E-state index is 12.4. The van der Waals surface area contributed by atoms with Gasteiger partial charge in [-0.1, -0.05) is 215 Å². The Balaban J connectivity index is 0.000000916. The van der Waals surface area contributed by atoms with Gasteiger partial charge in [0.25, 0.3) is 0 Å². The molecule has 0 aromatic heterocycles. The number of hydrogen-bond acceptors (Lipinski definition) is 24. The van der Waals surface area contributed by atoms with Crippen molar-refractivity contribution in [2.24, 2.45) is 0 Å². The summed E-state index contributed by atoms with van der Waals surface area (Å²) in [5, 5.41) is 99.2. The Morgan fingerprint density at radius 1 is 0.183 bits per heavy atom. The van der Waals surface area contributed by atoms with Crippen molar-refractivity contribution in [1.29, 1.82) is 0 Å². The predicted molar refractivity (Wildman–Crippen MR) is 429 cm³/mol. The average molecular weight is 2560 g/mol. The van der Waals surface area contributed by atoms with E-state index >= 15 is 0 Å². The number of hydrogen-bond donors (Lipinski definition) is 8. The van der Waals surface area contributed by atoms with Crippen LogP contribution in [0.3, 0.4) is 0 Å². The number of benzene rings is 8. The van der Waals surface area contributed by atoms with Crippen LogP contribution in [0.2, 0.25) is 0 Å². The molecule has 120 heavy (non-hydrogen) atoms. The minimum absolute atomic E-state index is 0.00290. The van der Waals surface area contributed by atoms with Gasteiger partial charge in [-0.15, -0.1) is 0 Å². The molecule has 0 unspecified atom stereocenters. The van der Waals surface area contributed by atoms with Gasteiger partial charge in [0.1, 0.15) is 46.0 Å². The monoisotopic (exact) mass is 2560 g/mol. The molecule has 8 N–H and O–H groups in total. The Bertz CT molecular complexity index is 4680. The molecule has 0 spiro atoms. The molecule has 0 saturated carbocycles. The van der Waals surface area contributed by atoms with Gasteiger partial charge in [-0.05, 0) is 181 Å². The van der Waals surface area contributed by atoms with E-state index in [1.165, 1.54) is 0 Å². The second kappa shape index (κ2) is 36.4. The predicted octanol–water partition coefficient (Wildman–Crippen LogP) is 20.0. The van der Waals surface area contributed by atoms with E-state index in [-0.39, 0.29) is 168 Å². The van der Waals surface area contributed by atoms with Crippen LogP contribution in [0, 0.1) is 102 Å². The number of ether oxygens (including phenoxy) is 4. The molecule has 1 fully saturated rings. The van der Waals surface area contributed by atoms with Crippen molar-refractivity contribution in [3.05, 3.63) is 231 Å². The summed E-state index contributed by atoms with van der Waals surface area (Å²) in [5.74, 6) is 0.319. The van der Waals surface area contributed by atoms with Crippen LogP contribution in [0.4, 0.5) is 0 Å². The molecule has 16 bridgehead atoms. The zero-order valence-electron chi connectivity index (χ0n) is 73.8. The Morgan fingerprint density at radius 2 is 0.275 bits per heavy atom. The van der Waals surface area contributed by atoms with Crippen molar-refractivity contribution >= 4 is 0 Å². The Kier molecular flexibility index (Phi) is 29.8. The third-order valence-corrected chi connectivity index (χ3v) is 108. The van der Waals surface area contributed by atoms with Crippen molar-refractivity contribution in [2.75, 3.05) is 0 Å². The Hall–Kier alpha value is -5.55. The molecule has 0 amide bonds. The SMILES string of the molecule is CC(C)(C)c1cc2c(O)c(c1)Cc1cc(C(C)(C)C)cc(c1O)COCc1cc(C(C)(C)C)cc(c1O)Cc1cc(C(C)(C)C)cc(c1O)COCc1cc(C(C)(C)C)cc(c1O)Cc1cc(C(C)(C)C)cc(c1O)COCc1cc(C(C)(C)C)cc(c1O)Cc1cc(C(C)(C)C)cc(c1O)COC2.[O]=[U]1(=[O])[O][U](=[O])(=[O])[O][U](=[O])(=[O])[O][U](=[O])(=[O])[O]1. The van der Waals surface area contributed by atoms with Crippen LogP contribution in [0.1, 0.15) is 300 Å². The van der Waals surface area contributed by atoms with E-state index in [0.29, 0.717) is 89.0 Å². The van der Waals surface area contributed by atoms with Crippen LogP contribution in [-0.2, 0) is 158 Å². The van der Waals surface area contributed by atoms with Crippen LogP contribution >= 0.6 is 0 Å². The summed E-state index contributed by atoms with van der Waals surface area (Å²) >= 11 is -28.1. The molecule has 648 valence electrons. The molecule has 2 aliphatic rings. The molecule has 10 rings (SSSR count). The van der Waals surface area contributed by atoms with Gasteiger partial charge >= 0.3 is 119 Å². The molecular formula is C92H120O24U4. The molecule has 28 heteroatoms. The third kappa shape index (κ3) is 25.4. The molecule has 2 heterocycles. The van der Waals surface area contributed by atoms with Gasteiger partial charge in [0.05, 0.1) is 52.9 Å². The van der Waals surface area contributed by atoms with Gasteiger partial charge in [-0.3, -0.25) is 0 Å². The molecule has 8 aromatic rings. The van der Waals surface area contributed by atoms with Crippen LogP contribution in [0.5, 0.6) is 46.0 Å². The van der Waals surface area contributed by atoms with Gasteiger partial charge in [-0.25, -0.2) is 0 Å². The van der Waals surface area contributed by atoms with Crippen molar-refractivity contribution in [3.63, 3.8) is 0 Å². The van der Waals surface area contributed by atoms with Crippen LogP contribution < -0.4 is 0 Å². The fraction of sp³-hybridized carbons (Fsp3) is 0.478. The van der Waals surface area contributed by atoms with Crippen LogP contribution in [-0.4, -0.2) is 40.9 Å². The van der Waals surface area contributed by atoms with E-state index in [1.54, 1.807) is 0 Å². The van der Waals surface area contributed by atoms with Crippen molar-refractivity contribution < 1.29 is 178 Å². The summed E-state index contributed by atoms with van der Waals surface area (Å²) in [5.41, 5.74) is 14.2. The fourth-order valence-electron chi connectivity index (χ4n) is 14.1. The number of aromatic hydroxyl groups is 8. The van der Waals surface area contributed by atoms with Crippen LogP contribution in [0.25, 0.3) is 0 Å². The molecule has 0 aliphatic carbocycles. The van der Waals surface area contributed by atoms with Crippen molar-refractivity contribution in [3.8, 4) is 46.0 Å². The molecule has 0 radical (unpaired) electrons. The first-order chi connectivity index (χ1) is 54.7. The zero-order chi connectivity index (χ0) is 89.9. The Morgan fingerprint density at radius 3 is 0.367 bits per heavy atom. The molecule has 2 aliphatic heterocycles. The maximum atomic E-state index is 12.4. The van der Waals surface area contributed by atoms with E-state index in [1.807, 2.05) is 97.1 Å². The number of rotatable bonds is 0. The number of fused-ring (bicyclic) bond motifs is 16. The minimum atomic E-state index is -7.02. The topological polar surface area (TPSA) is 372 Å². The van der Waals surface area contributed by atoms with Gasteiger partial charge in [0, 0.05) is 70.2 Å². The molecular weight excluding hydrogens is 2440 g/mol. The number of phenols is 8. The molecule has 24 nitrogen and oxygen atoms in total. The van der Waals surface area contributed by atoms with E-state index in [4.69, 9.17) is 18.9 Å². The standard InChI is InChI=1S/C92H120O12.12O.4U/c1-85(2,3)69-29-53-25-54-30-70(86(4,5)6)39-63(78(54)94)47-102-48-64-40-73(89(13,14)15)33-57(81(64)97)27-58-34-74(90(16,17)18)43-67(82(58)98)51-104-52-68-44-76(92(22,23)24)36-60(84(68)100)28-59-35-75(91(19,20)21)42-66(83(59)99)50-103-49-65-41-72(88(10,11)12)32-56(80(65)96)26-55-31-71(87(7,8)9)38-62(79(55)95)46-101-45-61(37-69)77(53)93;;;;;;;;;;;;;;;;/h29-44,93-100H,25-28,45-52H2,1-24H3;;;;;;;;;;;;;;;;. The zero-order valence-corrected chi connectivity index (χ0v) is 90.5. The van der Waals surface area contributed by atoms with E-state index in [0.717, 1.165) is 44.5 Å². The summed E-state index contributed by atoms with van der Waals surface area (Å²) < 4.78 is 126. The summed E-state index contributed by atoms with van der Waals surface area (Å²) in [6.07, 6.45) is 0.725. The summed E-state index contributed by atoms with van der Waals surface area (Å²) in [7, 11) is 0. The van der Waals surface area contributed by atoms with Crippen LogP contribution in [0.15, 0.2) is 97.1 Å². The fourth-order valence-corrected chi connectivity index (χ4v) is 134. The second-order valence-corrected chi connectivity index (χ2v) is 92.0. The molecule has 0 atom stereocenters. The first-order valence-electron chi connectivity index (χ1n) is 40.3.